The maximum atomic E-state index is 14.6. The van der Waals surface area contributed by atoms with Crippen molar-refractivity contribution in [1.29, 1.82) is 0 Å². The van der Waals surface area contributed by atoms with E-state index in [1.165, 1.54) is 0 Å². The van der Waals surface area contributed by atoms with Crippen LogP contribution in [0.2, 0.25) is 0 Å². The van der Waals surface area contributed by atoms with Gasteiger partial charge in [0.15, 0.2) is 0 Å². The van der Waals surface area contributed by atoms with Crippen LogP contribution in [-0.4, -0.2) is 64.6 Å². The molecule has 0 heterocycles. The lowest BCUT2D eigenvalue weighted by molar-refractivity contribution is -0.564. The van der Waals surface area contributed by atoms with Crippen LogP contribution in [0.25, 0.3) is 0 Å². The molecule has 0 unspecified atom stereocenters. The molecule has 0 spiro atoms. The highest BCUT2D eigenvalue weighted by Gasteiger charge is 3.16. The largest absolute Gasteiger partial charge is 0.432 e. The number of hydrogen-bond donors (Lipinski definition) is 0. The maximum Gasteiger partial charge on any atom is 0.432 e. The first-order valence-corrected chi connectivity index (χ1v) is 6.78. The summed E-state index contributed by atoms with van der Waals surface area (Å²) in [5.41, 5.74) is -27.2. The van der Waals surface area contributed by atoms with Gasteiger partial charge in [-0.1, -0.05) is 0 Å². The molecule has 0 aromatic carbocycles. The van der Waals surface area contributed by atoms with Crippen LogP contribution in [0, 0.1) is 0 Å². The van der Waals surface area contributed by atoms with Crippen LogP contribution in [-0.2, 0) is 0 Å². The van der Waals surface area contributed by atoms with Crippen LogP contribution >= 0.6 is 0 Å². The molecule has 184 valence electrons. The average Bonchev–Trinajstić information content (AvgIpc) is 2.54. The summed E-state index contributed by atoms with van der Waals surface area (Å²) < 4.78 is 270. The summed E-state index contributed by atoms with van der Waals surface area (Å²) >= 11 is 0. The number of fused-ring (bicyclic) bond motifs is 1. The molecule has 0 N–H and O–H groups in total. The second-order valence-corrected chi connectivity index (χ2v) is 6.49. The second-order valence-electron chi connectivity index (χ2n) is 6.49. The van der Waals surface area contributed by atoms with Crippen LogP contribution in [0.1, 0.15) is 0 Å². The highest BCUT2D eigenvalue weighted by atomic mass is 19.4. The Morgan fingerprint density at radius 2 is 0.516 bits per heavy atom. The molecule has 0 aromatic heterocycles. The summed E-state index contributed by atoms with van der Waals surface area (Å²) in [7, 11) is 0. The van der Waals surface area contributed by atoms with Gasteiger partial charge in [0, 0.05) is 0 Å². The van der Waals surface area contributed by atoms with E-state index in [9.17, 15) is 87.8 Å². The zero-order valence-electron chi connectivity index (χ0n) is 13.1. The number of rotatable bonds is 0. The molecular weight excluding hydrogens is 512 g/mol. The SMILES string of the molecule is FC1(F)C(F)(F)C(F)(F)[C@@]2(F)[C@@](F)(C1(F)F)C(F)(F)C(F)(F)C(F)(F)[C@@]2(F)C(F)(F)F. The summed E-state index contributed by atoms with van der Waals surface area (Å²) in [6.07, 6.45) is -8.58. The monoisotopic (exact) mass is 512 g/mol. The van der Waals surface area contributed by atoms with Gasteiger partial charge in [-0.25, -0.2) is 13.2 Å². The second kappa shape index (κ2) is 5.22. The van der Waals surface area contributed by atoms with Gasteiger partial charge in [-0.2, -0.15) is 74.6 Å². The molecule has 31 heavy (non-hydrogen) atoms. The third-order valence-electron chi connectivity index (χ3n) is 5.04. The van der Waals surface area contributed by atoms with E-state index in [1.807, 2.05) is 0 Å². The summed E-state index contributed by atoms with van der Waals surface area (Å²) in [6.45, 7) is 0. The van der Waals surface area contributed by atoms with Gasteiger partial charge in [0.2, 0.25) is 0 Å². The Labute approximate surface area is 154 Å². The minimum absolute atomic E-state index is 8.45. The third kappa shape index (κ3) is 1.78. The van der Waals surface area contributed by atoms with E-state index in [4.69, 9.17) is 0 Å². The lowest BCUT2D eigenvalue weighted by Gasteiger charge is -2.65. The molecule has 0 aliphatic heterocycles. The highest BCUT2D eigenvalue weighted by Crippen LogP contribution is 2.82. The van der Waals surface area contributed by atoms with Crippen LogP contribution in [0.4, 0.5) is 87.8 Å². The summed E-state index contributed by atoms with van der Waals surface area (Å²) in [6, 6.07) is 0. The fourth-order valence-electron chi connectivity index (χ4n) is 3.35. The van der Waals surface area contributed by atoms with Gasteiger partial charge in [0.25, 0.3) is 11.3 Å². The Bertz CT molecular complexity index is 779. The molecule has 0 nitrogen and oxygen atoms in total. The van der Waals surface area contributed by atoms with Crippen molar-refractivity contribution in [3.63, 3.8) is 0 Å². The molecule has 0 bridgehead atoms. The van der Waals surface area contributed by atoms with Gasteiger partial charge in [0.1, 0.15) is 0 Å². The Morgan fingerprint density at radius 1 is 0.290 bits per heavy atom. The normalized spacial score (nSPS) is 43.7. The zero-order chi connectivity index (χ0) is 25.5. The van der Waals surface area contributed by atoms with Crippen molar-refractivity contribution in [2.75, 3.05) is 0 Å². The van der Waals surface area contributed by atoms with Crippen LogP contribution in [0.15, 0.2) is 0 Å². The topological polar surface area (TPSA) is 0 Å². The first-order chi connectivity index (χ1) is 13.0. The van der Waals surface area contributed by atoms with Crippen LogP contribution < -0.4 is 0 Å². The molecule has 2 rings (SSSR count). The zero-order valence-corrected chi connectivity index (χ0v) is 13.1. The van der Waals surface area contributed by atoms with E-state index in [0.29, 0.717) is 0 Å². The predicted octanol–water partition coefficient (Wildman–Crippen LogP) is 6.15. The Morgan fingerprint density at radius 3 is 0.774 bits per heavy atom. The molecule has 3 atom stereocenters. The van der Waals surface area contributed by atoms with Crippen molar-refractivity contribution in [2.45, 2.75) is 64.6 Å². The van der Waals surface area contributed by atoms with E-state index in [2.05, 4.69) is 0 Å². The predicted molar refractivity (Wildman–Crippen MR) is 52.2 cm³/mol. The molecule has 20 heteroatoms. The Hall–Kier alpha value is -1.40. The van der Waals surface area contributed by atoms with Crippen LogP contribution in [0.3, 0.4) is 0 Å². The summed E-state index contributed by atoms with van der Waals surface area (Å²) in [4.78, 5) is 0. The van der Waals surface area contributed by atoms with Gasteiger partial charge in [-0.15, -0.1) is 0 Å². The van der Waals surface area contributed by atoms with Gasteiger partial charge in [-0.3, -0.25) is 0 Å². The van der Waals surface area contributed by atoms with Gasteiger partial charge < -0.3 is 0 Å². The maximum absolute atomic E-state index is 14.6. The van der Waals surface area contributed by atoms with E-state index >= 15 is 0 Å². The van der Waals surface area contributed by atoms with E-state index in [-0.39, 0.29) is 0 Å². The van der Waals surface area contributed by atoms with E-state index < -0.39 is 64.6 Å². The Kier molecular flexibility index (Phi) is 4.35. The highest BCUT2D eigenvalue weighted by molar-refractivity contribution is 5.45. The summed E-state index contributed by atoms with van der Waals surface area (Å²) in [5, 5.41) is 0. The van der Waals surface area contributed by atoms with Gasteiger partial charge >= 0.3 is 53.3 Å². The minimum Gasteiger partial charge on any atom is -0.228 e. The van der Waals surface area contributed by atoms with Crippen molar-refractivity contribution in [1.82, 2.24) is 0 Å². The molecule has 0 saturated heterocycles. The van der Waals surface area contributed by atoms with Crippen molar-refractivity contribution in [3.8, 4) is 0 Å². The minimum atomic E-state index is -9.16. The molecule has 2 saturated carbocycles. The van der Waals surface area contributed by atoms with Crippen molar-refractivity contribution in [2.24, 2.45) is 0 Å². The van der Waals surface area contributed by atoms with Crippen molar-refractivity contribution < 1.29 is 87.8 Å². The van der Waals surface area contributed by atoms with Gasteiger partial charge in [0.05, 0.1) is 0 Å². The van der Waals surface area contributed by atoms with Crippen molar-refractivity contribution >= 4 is 0 Å². The fourth-order valence-corrected chi connectivity index (χ4v) is 3.35. The lowest BCUT2D eigenvalue weighted by Crippen LogP contribution is -3.00. The molecule has 0 radical (unpaired) electrons. The molecule has 0 amide bonds. The summed E-state index contributed by atoms with van der Waals surface area (Å²) in [5.74, 6) is -60.7. The molecule has 2 aliphatic rings. The van der Waals surface area contributed by atoms with Gasteiger partial charge in [-0.05, 0) is 0 Å². The van der Waals surface area contributed by atoms with Crippen molar-refractivity contribution in [3.05, 3.63) is 0 Å². The molecule has 2 fully saturated rings. The molecular formula is C11F20. The van der Waals surface area contributed by atoms with E-state index in [1.54, 1.807) is 0 Å². The first kappa shape index (κ1) is 25.9. The van der Waals surface area contributed by atoms with Crippen LogP contribution in [0.5, 0.6) is 0 Å². The first-order valence-electron chi connectivity index (χ1n) is 6.78. The number of halogens is 20. The number of hydrogen-bond acceptors (Lipinski definition) is 0. The molecule has 0 aromatic rings. The molecule has 2 aliphatic carbocycles. The number of alkyl halides is 20. The fraction of sp³-hybridized carbons (Fsp3) is 1.00. The van der Waals surface area contributed by atoms with E-state index in [0.717, 1.165) is 0 Å². The quantitative estimate of drug-likeness (QED) is 0.342. The standard InChI is InChI=1S/C11F20/c12-1-2(13,6(19,20)10(27,28)9(25,26)4(1,15)16)5(17,18)8(23,24)7(21,22)3(1,14)11(29,30)31/t1-,2+,3-/m1/s1. The third-order valence-corrected chi connectivity index (χ3v) is 5.04. The smallest absolute Gasteiger partial charge is 0.228 e. The lowest BCUT2D eigenvalue weighted by atomic mass is 9.50. The Balaban J connectivity index is 3.37. The average molecular weight is 512 g/mol.